The number of aromatic nitrogens is 2. The minimum absolute atomic E-state index is 0.257. The Morgan fingerprint density at radius 2 is 1.85 bits per heavy atom. The summed E-state index contributed by atoms with van der Waals surface area (Å²) in [6.45, 7) is 0. The molecule has 4 N–H and O–H groups in total. The van der Waals surface area contributed by atoms with E-state index in [0.29, 0.717) is 23.3 Å². The lowest BCUT2D eigenvalue weighted by Crippen LogP contribution is -2.60. The number of ether oxygens (including phenoxy) is 1. The monoisotopic (exact) mass is 452 g/mol. The molecule has 1 heterocycles. The second-order valence-electron chi connectivity index (χ2n) is 9.49. The van der Waals surface area contributed by atoms with E-state index in [1.807, 2.05) is 24.3 Å². The highest BCUT2D eigenvalue weighted by molar-refractivity contribution is 5.77. The zero-order valence-corrected chi connectivity index (χ0v) is 18.7. The largest absolute Gasteiger partial charge is 0.497 e. The zero-order valence-electron chi connectivity index (χ0n) is 18.7. The molecular formula is C25H29FN4O3. The molecule has 3 saturated carbocycles. The zero-order chi connectivity index (χ0) is 23.1. The van der Waals surface area contributed by atoms with Gasteiger partial charge in [0.2, 0.25) is 0 Å². The molecule has 33 heavy (non-hydrogen) atoms. The van der Waals surface area contributed by atoms with Crippen LogP contribution in [0.5, 0.6) is 5.75 Å². The smallest absolute Gasteiger partial charge is 0.315 e. The van der Waals surface area contributed by atoms with Crippen LogP contribution in [0.2, 0.25) is 0 Å². The average Bonchev–Trinajstić information content (AvgIpc) is 3.23. The number of benzene rings is 2. The van der Waals surface area contributed by atoms with Crippen LogP contribution >= 0.6 is 0 Å². The number of methoxy groups -OCH3 is 1. The van der Waals surface area contributed by atoms with Crippen molar-refractivity contribution in [2.45, 2.75) is 62.1 Å². The summed E-state index contributed by atoms with van der Waals surface area (Å²) in [5.74, 6) is 0.985. The summed E-state index contributed by atoms with van der Waals surface area (Å²) >= 11 is 0. The van der Waals surface area contributed by atoms with Crippen LogP contribution < -0.4 is 15.4 Å². The molecule has 3 aliphatic rings. The average molecular weight is 453 g/mol. The maximum absolute atomic E-state index is 13.7. The first kappa shape index (κ1) is 21.7. The van der Waals surface area contributed by atoms with Crippen molar-refractivity contribution in [1.29, 1.82) is 0 Å². The second kappa shape index (κ2) is 8.33. The fourth-order valence-corrected chi connectivity index (χ4v) is 5.17. The van der Waals surface area contributed by atoms with Crippen LogP contribution in [-0.4, -0.2) is 39.4 Å². The second-order valence-corrected chi connectivity index (χ2v) is 9.49. The highest BCUT2D eigenvalue weighted by atomic mass is 19.1. The Kier molecular flexibility index (Phi) is 5.48. The number of hydrogen-bond donors (Lipinski definition) is 4. The van der Waals surface area contributed by atoms with E-state index in [9.17, 15) is 14.3 Å². The number of carbonyl (C=O) groups excluding carboxylic acids is 1. The van der Waals surface area contributed by atoms with Crippen molar-refractivity contribution in [3.8, 4) is 5.75 Å². The summed E-state index contributed by atoms with van der Waals surface area (Å²) in [6.07, 6.45) is 5.01. The topological polar surface area (TPSA) is 99.3 Å². The number of carbonyl (C=O) groups is 1. The van der Waals surface area contributed by atoms with Gasteiger partial charge in [0.25, 0.3) is 0 Å². The van der Waals surface area contributed by atoms with E-state index in [4.69, 9.17) is 4.74 Å². The molecule has 174 valence electrons. The van der Waals surface area contributed by atoms with E-state index in [0.717, 1.165) is 49.8 Å². The number of aromatic amines is 1. The number of nitrogens with one attached hydrogen (secondary N) is 3. The maximum atomic E-state index is 13.7. The van der Waals surface area contributed by atoms with Gasteiger partial charge in [-0.25, -0.2) is 14.2 Å². The van der Waals surface area contributed by atoms with Gasteiger partial charge in [-0.1, -0.05) is 12.1 Å². The molecular weight excluding hydrogens is 423 g/mol. The SMILES string of the molecule is COc1ccc(CC(NC(=O)NC23CCC(O)(CC2)CC3)c2nc3ccc(F)cc3[nH]2)cc1. The molecule has 6 rings (SSSR count). The van der Waals surface area contributed by atoms with Crippen LogP contribution in [-0.2, 0) is 6.42 Å². The Bertz CT molecular complexity index is 1140. The Hall–Kier alpha value is -3.13. The van der Waals surface area contributed by atoms with Crippen LogP contribution in [0.3, 0.4) is 0 Å². The molecule has 0 radical (unpaired) electrons. The van der Waals surface area contributed by atoms with Crippen LogP contribution in [0.4, 0.5) is 9.18 Å². The first-order valence-corrected chi connectivity index (χ1v) is 11.4. The number of urea groups is 1. The lowest BCUT2D eigenvalue weighted by atomic mass is 9.63. The minimum Gasteiger partial charge on any atom is -0.497 e. The molecule has 7 nitrogen and oxygen atoms in total. The van der Waals surface area contributed by atoms with Crippen molar-refractivity contribution in [3.05, 3.63) is 59.7 Å². The van der Waals surface area contributed by atoms with E-state index >= 15 is 0 Å². The van der Waals surface area contributed by atoms with E-state index in [1.165, 1.54) is 12.1 Å². The summed E-state index contributed by atoms with van der Waals surface area (Å²) in [4.78, 5) is 20.9. The lowest BCUT2D eigenvalue weighted by Gasteiger charge is -2.51. The van der Waals surface area contributed by atoms with Crippen molar-refractivity contribution >= 4 is 17.1 Å². The van der Waals surface area contributed by atoms with Gasteiger partial charge in [0.15, 0.2) is 0 Å². The first-order chi connectivity index (χ1) is 15.9. The fourth-order valence-electron chi connectivity index (χ4n) is 5.17. The summed E-state index contributed by atoms with van der Waals surface area (Å²) in [5, 5.41) is 16.8. The van der Waals surface area contributed by atoms with Gasteiger partial charge >= 0.3 is 6.03 Å². The van der Waals surface area contributed by atoms with Gasteiger partial charge in [0, 0.05) is 5.54 Å². The van der Waals surface area contributed by atoms with Gasteiger partial charge < -0.3 is 25.5 Å². The highest BCUT2D eigenvalue weighted by Gasteiger charge is 2.48. The molecule has 1 unspecified atom stereocenters. The molecule has 0 saturated heterocycles. The van der Waals surface area contributed by atoms with Crippen molar-refractivity contribution < 1.29 is 19.0 Å². The molecule has 1 atom stereocenters. The van der Waals surface area contributed by atoms with E-state index < -0.39 is 11.6 Å². The van der Waals surface area contributed by atoms with Crippen LogP contribution in [0, 0.1) is 5.82 Å². The molecule has 2 amide bonds. The molecule has 0 aliphatic heterocycles. The summed E-state index contributed by atoms with van der Waals surface area (Å²) < 4.78 is 18.9. The fraction of sp³-hybridized carbons (Fsp3) is 0.440. The van der Waals surface area contributed by atoms with Gasteiger partial charge in [0.05, 0.1) is 29.8 Å². The van der Waals surface area contributed by atoms with Crippen LogP contribution in [0.15, 0.2) is 42.5 Å². The van der Waals surface area contributed by atoms with Crippen molar-refractivity contribution in [1.82, 2.24) is 20.6 Å². The molecule has 3 aliphatic carbocycles. The number of amides is 2. The summed E-state index contributed by atoms with van der Waals surface area (Å²) in [7, 11) is 1.62. The number of nitrogens with zero attached hydrogens (tertiary/aromatic N) is 1. The molecule has 2 bridgehead atoms. The molecule has 1 aromatic heterocycles. The number of aliphatic hydroxyl groups is 1. The predicted octanol–water partition coefficient (Wildman–Crippen LogP) is 4.13. The molecule has 3 aromatic rings. The summed E-state index contributed by atoms with van der Waals surface area (Å²) in [6, 6.07) is 11.4. The predicted molar refractivity (Wildman–Crippen MR) is 123 cm³/mol. The lowest BCUT2D eigenvalue weighted by molar-refractivity contribution is -0.0694. The van der Waals surface area contributed by atoms with Crippen molar-refractivity contribution in [3.63, 3.8) is 0 Å². The number of H-pyrrole nitrogens is 1. The van der Waals surface area contributed by atoms with Crippen LogP contribution in [0.1, 0.15) is 56.0 Å². The Balaban J connectivity index is 1.37. The molecule has 0 spiro atoms. The quantitative estimate of drug-likeness (QED) is 0.452. The number of hydrogen-bond acceptors (Lipinski definition) is 4. The van der Waals surface area contributed by atoms with Crippen LogP contribution in [0.25, 0.3) is 11.0 Å². The molecule has 3 fully saturated rings. The minimum atomic E-state index is -0.555. The van der Waals surface area contributed by atoms with Gasteiger partial charge in [-0.15, -0.1) is 0 Å². The third-order valence-electron chi connectivity index (χ3n) is 7.28. The third kappa shape index (κ3) is 4.53. The van der Waals surface area contributed by atoms with Gasteiger partial charge in [0.1, 0.15) is 17.4 Å². The number of halogens is 1. The Labute approximate surface area is 191 Å². The van der Waals surface area contributed by atoms with Gasteiger partial charge in [-0.2, -0.15) is 0 Å². The van der Waals surface area contributed by atoms with Crippen molar-refractivity contribution in [2.75, 3.05) is 7.11 Å². The number of fused-ring (bicyclic) bond motifs is 4. The Morgan fingerprint density at radius 3 is 2.52 bits per heavy atom. The van der Waals surface area contributed by atoms with Gasteiger partial charge in [-0.3, -0.25) is 0 Å². The maximum Gasteiger partial charge on any atom is 0.315 e. The number of rotatable bonds is 6. The number of imidazole rings is 1. The van der Waals surface area contributed by atoms with E-state index in [-0.39, 0.29) is 17.4 Å². The van der Waals surface area contributed by atoms with E-state index in [2.05, 4.69) is 20.6 Å². The first-order valence-electron chi connectivity index (χ1n) is 11.4. The summed E-state index contributed by atoms with van der Waals surface area (Å²) in [5.41, 5.74) is 1.41. The normalized spacial score (nSPS) is 25.1. The van der Waals surface area contributed by atoms with E-state index in [1.54, 1.807) is 13.2 Å². The molecule has 8 heteroatoms. The standard InChI is InChI=1S/C25H29FN4O3/c1-33-18-5-2-16(3-6-18)14-21(22-27-19-7-4-17(26)15-20(19)28-22)29-23(31)30-24-8-11-25(32,12-9-24)13-10-24/h2-7,15,21,32H,8-14H2,1H3,(H,27,28)(H2,29,30,31). The van der Waals surface area contributed by atoms with Crippen molar-refractivity contribution in [2.24, 2.45) is 0 Å². The molecule has 2 aromatic carbocycles. The highest BCUT2D eigenvalue weighted by Crippen LogP contribution is 2.46. The Morgan fingerprint density at radius 1 is 1.15 bits per heavy atom. The third-order valence-corrected chi connectivity index (χ3v) is 7.28. The van der Waals surface area contributed by atoms with Gasteiger partial charge in [-0.05, 0) is 80.8 Å².